The zero-order chi connectivity index (χ0) is 15.4. The Hall–Kier alpha value is -1.33. The molecule has 4 nitrogen and oxygen atoms in total. The Balaban J connectivity index is 2.13. The molecule has 0 radical (unpaired) electrons. The maximum absolute atomic E-state index is 5.42. The summed E-state index contributed by atoms with van der Waals surface area (Å²) in [6.45, 7) is 7.89. The Morgan fingerprint density at radius 2 is 2.10 bits per heavy atom. The highest BCUT2D eigenvalue weighted by atomic mass is 79.9. The molecule has 1 aromatic heterocycles. The first-order valence-electron chi connectivity index (χ1n) is 7.16. The molecule has 2 rings (SSSR count). The van der Waals surface area contributed by atoms with Gasteiger partial charge in [0.05, 0.1) is 23.0 Å². The molecule has 0 aliphatic heterocycles. The van der Waals surface area contributed by atoms with Gasteiger partial charge in [0.2, 0.25) is 0 Å². The first-order valence-corrected chi connectivity index (χ1v) is 7.95. The van der Waals surface area contributed by atoms with Crippen molar-refractivity contribution < 1.29 is 4.74 Å². The topological polar surface area (TPSA) is 39.1 Å². The van der Waals surface area contributed by atoms with Crippen molar-refractivity contribution >= 4 is 15.9 Å². The SMILES string of the molecule is CCn1nc(C)c(Br)c1CN[C@@H](C)c1ccccc1OC. The molecule has 0 fully saturated rings. The summed E-state index contributed by atoms with van der Waals surface area (Å²) in [5, 5.41) is 8.07. The minimum absolute atomic E-state index is 0.202. The molecule has 0 saturated carbocycles. The number of benzene rings is 1. The number of methoxy groups -OCH3 is 1. The molecular weight excluding hydrogens is 330 g/mol. The second-order valence-electron chi connectivity index (χ2n) is 5.01. The average Bonchev–Trinajstić information content (AvgIpc) is 2.79. The van der Waals surface area contributed by atoms with Gasteiger partial charge in [-0.25, -0.2) is 0 Å². The van der Waals surface area contributed by atoms with Crippen molar-refractivity contribution in [3.63, 3.8) is 0 Å². The predicted molar refractivity (Wildman–Crippen MR) is 88.6 cm³/mol. The lowest BCUT2D eigenvalue weighted by atomic mass is 10.1. The van der Waals surface area contributed by atoms with Crippen LogP contribution in [0.5, 0.6) is 5.75 Å². The highest BCUT2D eigenvalue weighted by molar-refractivity contribution is 9.10. The van der Waals surface area contributed by atoms with E-state index in [4.69, 9.17) is 4.74 Å². The molecular formula is C16H22BrN3O. The number of hydrogen-bond acceptors (Lipinski definition) is 3. The van der Waals surface area contributed by atoms with Crippen LogP contribution in [0.3, 0.4) is 0 Å². The fraction of sp³-hybridized carbons (Fsp3) is 0.438. The van der Waals surface area contributed by atoms with Crippen LogP contribution in [0.1, 0.15) is 36.8 Å². The minimum Gasteiger partial charge on any atom is -0.496 e. The van der Waals surface area contributed by atoms with Gasteiger partial charge in [0, 0.05) is 24.7 Å². The lowest BCUT2D eigenvalue weighted by molar-refractivity contribution is 0.400. The van der Waals surface area contributed by atoms with E-state index in [0.29, 0.717) is 0 Å². The zero-order valence-electron chi connectivity index (χ0n) is 13.0. The third kappa shape index (κ3) is 3.47. The summed E-state index contributed by atoms with van der Waals surface area (Å²) >= 11 is 3.63. The maximum Gasteiger partial charge on any atom is 0.123 e. The number of ether oxygens (including phenoxy) is 1. The number of para-hydroxylation sites is 1. The van der Waals surface area contributed by atoms with Crippen LogP contribution in [0.4, 0.5) is 0 Å². The third-order valence-electron chi connectivity index (χ3n) is 3.63. The van der Waals surface area contributed by atoms with Crippen molar-refractivity contribution in [2.24, 2.45) is 0 Å². The predicted octanol–water partition coefficient (Wildman–Crippen LogP) is 3.83. The van der Waals surface area contributed by atoms with Crippen molar-refractivity contribution in [3.8, 4) is 5.75 Å². The Morgan fingerprint density at radius 3 is 2.76 bits per heavy atom. The van der Waals surface area contributed by atoms with E-state index in [-0.39, 0.29) is 6.04 Å². The van der Waals surface area contributed by atoms with Crippen LogP contribution in [-0.2, 0) is 13.1 Å². The largest absolute Gasteiger partial charge is 0.496 e. The number of rotatable bonds is 6. The number of nitrogens with one attached hydrogen (secondary N) is 1. The van der Waals surface area contributed by atoms with Crippen LogP contribution in [0.25, 0.3) is 0 Å². The first-order chi connectivity index (χ1) is 10.1. The van der Waals surface area contributed by atoms with Crippen LogP contribution in [0.15, 0.2) is 28.7 Å². The molecule has 1 heterocycles. The molecule has 1 atom stereocenters. The van der Waals surface area contributed by atoms with E-state index in [2.05, 4.69) is 46.3 Å². The molecule has 0 unspecified atom stereocenters. The van der Waals surface area contributed by atoms with Crippen LogP contribution in [-0.4, -0.2) is 16.9 Å². The van der Waals surface area contributed by atoms with E-state index >= 15 is 0 Å². The smallest absolute Gasteiger partial charge is 0.123 e. The molecule has 1 N–H and O–H groups in total. The van der Waals surface area contributed by atoms with E-state index in [1.165, 1.54) is 5.69 Å². The van der Waals surface area contributed by atoms with Crippen LogP contribution in [0, 0.1) is 6.92 Å². The quantitative estimate of drug-likeness (QED) is 0.859. The second kappa shape index (κ2) is 7.09. The Kier molecular flexibility index (Phi) is 5.42. The lowest BCUT2D eigenvalue weighted by Gasteiger charge is -2.17. The van der Waals surface area contributed by atoms with Gasteiger partial charge in [-0.3, -0.25) is 4.68 Å². The van der Waals surface area contributed by atoms with Crippen LogP contribution in [0.2, 0.25) is 0 Å². The van der Waals surface area contributed by atoms with Crippen molar-refractivity contribution in [1.82, 2.24) is 15.1 Å². The molecule has 0 amide bonds. The van der Waals surface area contributed by atoms with E-state index in [0.717, 1.165) is 34.6 Å². The van der Waals surface area contributed by atoms with Crippen molar-refractivity contribution in [2.45, 2.75) is 39.9 Å². The molecule has 0 bridgehead atoms. The summed E-state index contributed by atoms with van der Waals surface area (Å²) < 4.78 is 8.54. The Morgan fingerprint density at radius 1 is 1.38 bits per heavy atom. The van der Waals surface area contributed by atoms with E-state index in [9.17, 15) is 0 Å². The minimum atomic E-state index is 0.202. The molecule has 0 aliphatic carbocycles. The van der Waals surface area contributed by atoms with Crippen LogP contribution >= 0.6 is 15.9 Å². The van der Waals surface area contributed by atoms with Crippen molar-refractivity contribution in [2.75, 3.05) is 7.11 Å². The van der Waals surface area contributed by atoms with Gasteiger partial charge in [0.1, 0.15) is 5.75 Å². The lowest BCUT2D eigenvalue weighted by Crippen LogP contribution is -2.21. The van der Waals surface area contributed by atoms with E-state index in [1.54, 1.807) is 7.11 Å². The van der Waals surface area contributed by atoms with Gasteiger partial charge in [-0.2, -0.15) is 5.10 Å². The van der Waals surface area contributed by atoms with Gasteiger partial charge in [-0.05, 0) is 42.8 Å². The van der Waals surface area contributed by atoms with Gasteiger partial charge in [0.15, 0.2) is 0 Å². The molecule has 1 aromatic carbocycles. The Bertz CT molecular complexity index is 610. The number of halogens is 1. The Labute approximate surface area is 134 Å². The fourth-order valence-electron chi connectivity index (χ4n) is 2.42. The summed E-state index contributed by atoms with van der Waals surface area (Å²) in [5.41, 5.74) is 3.37. The summed E-state index contributed by atoms with van der Waals surface area (Å²) in [7, 11) is 1.71. The molecule has 0 aliphatic rings. The summed E-state index contributed by atoms with van der Waals surface area (Å²) in [6.07, 6.45) is 0. The highest BCUT2D eigenvalue weighted by Crippen LogP contribution is 2.26. The number of hydrogen-bond donors (Lipinski definition) is 1. The summed E-state index contributed by atoms with van der Waals surface area (Å²) in [4.78, 5) is 0. The number of aromatic nitrogens is 2. The maximum atomic E-state index is 5.42. The fourth-order valence-corrected chi connectivity index (χ4v) is 2.85. The molecule has 2 aromatic rings. The second-order valence-corrected chi connectivity index (χ2v) is 5.80. The molecule has 0 spiro atoms. The summed E-state index contributed by atoms with van der Waals surface area (Å²) in [6, 6.07) is 8.30. The number of nitrogens with zero attached hydrogens (tertiary/aromatic N) is 2. The number of aryl methyl sites for hydroxylation is 2. The van der Waals surface area contributed by atoms with Crippen LogP contribution < -0.4 is 10.1 Å². The van der Waals surface area contributed by atoms with Gasteiger partial charge in [-0.1, -0.05) is 18.2 Å². The molecule has 114 valence electrons. The van der Waals surface area contributed by atoms with E-state index in [1.807, 2.05) is 29.8 Å². The molecule has 21 heavy (non-hydrogen) atoms. The molecule has 0 saturated heterocycles. The third-order valence-corrected chi connectivity index (χ3v) is 4.67. The monoisotopic (exact) mass is 351 g/mol. The summed E-state index contributed by atoms with van der Waals surface area (Å²) in [5.74, 6) is 0.914. The van der Waals surface area contributed by atoms with Crippen molar-refractivity contribution in [3.05, 3.63) is 45.7 Å². The first kappa shape index (κ1) is 16.0. The highest BCUT2D eigenvalue weighted by Gasteiger charge is 2.15. The van der Waals surface area contributed by atoms with E-state index < -0.39 is 0 Å². The van der Waals surface area contributed by atoms with Gasteiger partial charge < -0.3 is 10.1 Å². The van der Waals surface area contributed by atoms with Gasteiger partial charge in [-0.15, -0.1) is 0 Å². The van der Waals surface area contributed by atoms with Gasteiger partial charge in [0.25, 0.3) is 0 Å². The molecule has 5 heteroatoms. The standard InChI is InChI=1S/C16H22BrN3O/c1-5-20-14(16(17)12(3)19-20)10-18-11(2)13-8-6-7-9-15(13)21-4/h6-9,11,18H,5,10H2,1-4H3/t11-/m0/s1. The zero-order valence-corrected chi connectivity index (χ0v) is 14.6. The van der Waals surface area contributed by atoms with Gasteiger partial charge >= 0.3 is 0 Å². The normalized spacial score (nSPS) is 12.4. The van der Waals surface area contributed by atoms with Crippen molar-refractivity contribution in [1.29, 1.82) is 0 Å². The average molecular weight is 352 g/mol.